The molecule has 4 heteroatoms. The van der Waals surface area contributed by atoms with Crippen LogP contribution >= 0.6 is 22.7 Å². The molecular weight excluding hydrogens is 599 g/mol. The first-order valence-corrected chi connectivity index (χ1v) is 17.1. The molecule has 0 atom stereocenters. The highest BCUT2D eigenvalue weighted by molar-refractivity contribution is 7.30. The lowest BCUT2D eigenvalue weighted by Crippen LogP contribution is -2.10. The SMILES string of the molecule is c1ccc(-c2ccc(N(c3ccc4oc5ccccc5c4c3)c3cccc4c3sc3c4ccc4sc5ccccc5c43)cc2)cc1. The Labute approximate surface area is 273 Å². The van der Waals surface area contributed by atoms with Crippen molar-refractivity contribution in [1.82, 2.24) is 0 Å². The predicted molar refractivity (Wildman–Crippen MR) is 200 cm³/mol. The van der Waals surface area contributed by atoms with E-state index in [0.717, 1.165) is 33.3 Å². The van der Waals surface area contributed by atoms with E-state index in [2.05, 4.69) is 144 Å². The number of furan rings is 1. The standard InChI is InChI=1S/C42H25NOS2/c1-2-9-26(10-3-1)27-17-19-28(20-18-27)43(29-21-23-37-34(25-29)30-11-4-6-15-36(30)44-37)35-14-8-13-31-32-22-24-39-40(42(32)46-41(31)35)33-12-5-7-16-38(33)45-39/h1-25H. The van der Waals surface area contributed by atoms with Gasteiger partial charge in [-0.2, -0.15) is 0 Å². The Morgan fingerprint density at radius 1 is 0.413 bits per heavy atom. The van der Waals surface area contributed by atoms with Crippen LogP contribution in [0.5, 0.6) is 0 Å². The fourth-order valence-corrected chi connectivity index (χ4v) is 9.48. The van der Waals surface area contributed by atoms with Crippen LogP contribution in [0.2, 0.25) is 0 Å². The number of benzene rings is 7. The lowest BCUT2D eigenvalue weighted by molar-refractivity contribution is 0.669. The van der Waals surface area contributed by atoms with Crippen LogP contribution in [0.1, 0.15) is 0 Å². The van der Waals surface area contributed by atoms with Gasteiger partial charge in [0.05, 0.1) is 10.4 Å². The molecule has 46 heavy (non-hydrogen) atoms. The van der Waals surface area contributed by atoms with Crippen LogP contribution in [0.4, 0.5) is 17.1 Å². The van der Waals surface area contributed by atoms with E-state index in [0.29, 0.717) is 0 Å². The first-order valence-electron chi connectivity index (χ1n) is 15.4. The zero-order chi connectivity index (χ0) is 30.2. The molecule has 0 unspecified atom stereocenters. The van der Waals surface area contributed by atoms with E-state index in [9.17, 15) is 0 Å². The van der Waals surface area contributed by atoms with Gasteiger partial charge >= 0.3 is 0 Å². The molecule has 0 N–H and O–H groups in total. The molecule has 0 aliphatic heterocycles. The molecule has 0 fully saturated rings. The van der Waals surface area contributed by atoms with Crippen LogP contribution in [0.25, 0.3) is 73.4 Å². The summed E-state index contributed by atoms with van der Waals surface area (Å²) in [4.78, 5) is 2.41. The molecule has 216 valence electrons. The van der Waals surface area contributed by atoms with Crippen molar-refractivity contribution in [3.8, 4) is 11.1 Å². The average Bonchev–Trinajstić information content (AvgIpc) is 3.80. The fourth-order valence-electron chi connectivity index (χ4n) is 6.94. The van der Waals surface area contributed by atoms with Crippen molar-refractivity contribution in [3.05, 3.63) is 152 Å². The van der Waals surface area contributed by atoms with E-state index < -0.39 is 0 Å². The lowest BCUT2D eigenvalue weighted by Gasteiger charge is -2.26. The molecule has 10 aromatic rings. The summed E-state index contributed by atoms with van der Waals surface area (Å²) in [5.41, 5.74) is 7.61. The molecule has 2 nitrogen and oxygen atoms in total. The van der Waals surface area contributed by atoms with Crippen molar-refractivity contribution < 1.29 is 4.42 Å². The first kappa shape index (κ1) is 25.9. The van der Waals surface area contributed by atoms with Crippen LogP contribution in [-0.4, -0.2) is 0 Å². The molecule has 0 aliphatic carbocycles. The topological polar surface area (TPSA) is 16.4 Å². The highest BCUT2D eigenvalue weighted by Crippen LogP contribution is 2.49. The van der Waals surface area contributed by atoms with Gasteiger partial charge in [-0.15, -0.1) is 22.7 Å². The summed E-state index contributed by atoms with van der Waals surface area (Å²) in [7, 11) is 0. The van der Waals surface area contributed by atoms with E-state index in [4.69, 9.17) is 4.42 Å². The predicted octanol–water partition coefficient (Wildman–Crippen LogP) is 13.5. The van der Waals surface area contributed by atoms with Gasteiger partial charge < -0.3 is 9.32 Å². The van der Waals surface area contributed by atoms with Crippen LogP contribution in [-0.2, 0) is 0 Å². The van der Waals surface area contributed by atoms with Crippen molar-refractivity contribution in [1.29, 1.82) is 0 Å². The fraction of sp³-hybridized carbons (Fsp3) is 0. The molecule has 0 bridgehead atoms. The lowest BCUT2D eigenvalue weighted by atomic mass is 10.0. The molecule has 0 radical (unpaired) electrons. The summed E-state index contributed by atoms with van der Waals surface area (Å²) >= 11 is 3.79. The van der Waals surface area contributed by atoms with E-state index in [1.807, 2.05) is 34.8 Å². The molecule has 7 aromatic carbocycles. The van der Waals surface area contributed by atoms with Crippen molar-refractivity contribution in [3.63, 3.8) is 0 Å². The van der Waals surface area contributed by atoms with Gasteiger partial charge in [-0.05, 0) is 65.7 Å². The van der Waals surface area contributed by atoms with Gasteiger partial charge in [0, 0.05) is 57.8 Å². The summed E-state index contributed by atoms with van der Waals surface area (Å²) in [6.07, 6.45) is 0. The van der Waals surface area contributed by atoms with E-state index in [-0.39, 0.29) is 0 Å². The molecule has 3 aromatic heterocycles. The third kappa shape index (κ3) is 3.87. The van der Waals surface area contributed by atoms with Crippen molar-refractivity contribution in [2.45, 2.75) is 0 Å². The second-order valence-electron chi connectivity index (χ2n) is 11.7. The van der Waals surface area contributed by atoms with Gasteiger partial charge in [0.25, 0.3) is 0 Å². The number of rotatable bonds is 4. The highest BCUT2D eigenvalue weighted by Gasteiger charge is 2.21. The maximum atomic E-state index is 6.23. The second-order valence-corrected chi connectivity index (χ2v) is 13.8. The minimum atomic E-state index is 0.899. The van der Waals surface area contributed by atoms with Crippen LogP contribution in [0.3, 0.4) is 0 Å². The molecule has 0 saturated heterocycles. The third-order valence-electron chi connectivity index (χ3n) is 9.08. The molecule has 0 amide bonds. The highest BCUT2D eigenvalue weighted by atomic mass is 32.1. The quantitative estimate of drug-likeness (QED) is 0.194. The Morgan fingerprint density at radius 2 is 1.11 bits per heavy atom. The number of fused-ring (bicyclic) bond motifs is 10. The van der Waals surface area contributed by atoms with Crippen LogP contribution < -0.4 is 4.90 Å². The summed E-state index contributed by atoms with van der Waals surface area (Å²) in [5, 5.41) is 7.56. The molecular formula is C42H25NOS2. The van der Waals surface area contributed by atoms with Crippen LogP contribution in [0.15, 0.2) is 156 Å². The first-order chi connectivity index (χ1) is 22.8. The maximum absolute atomic E-state index is 6.23. The molecule has 0 spiro atoms. The summed E-state index contributed by atoms with van der Waals surface area (Å²) < 4.78 is 11.5. The summed E-state index contributed by atoms with van der Waals surface area (Å²) in [6.45, 7) is 0. The average molecular weight is 624 g/mol. The number of hydrogen-bond donors (Lipinski definition) is 0. The van der Waals surface area contributed by atoms with Gasteiger partial charge in [-0.3, -0.25) is 0 Å². The molecule has 0 saturated carbocycles. The second kappa shape index (κ2) is 10.0. The maximum Gasteiger partial charge on any atom is 0.135 e. The van der Waals surface area contributed by atoms with Gasteiger partial charge in [0.15, 0.2) is 0 Å². The molecule has 3 heterocycles. The van der Waals surface area contributed by atoms with Crippen molar-refractivity contribution >= 4 is 102 Å². The zero-order valence-corrected chi connectivity index (χ0v) is 26.2. The number of anilines is 3. The summed E-state index contributed by atoms with van der Waals surface area (Å²) in [5.74, 6) is 0. The van der Waals surface area contributed by atoms with Gasteiger partial charge in [0.2, 0.25) is 0 Å². The molecule has 10 rings (SSSR count). The minimum Gasteiger partial charge on any atom is -0.456 e. The number of para-hydroxylation sites is 1. The summed E-state index contributed by atoms with van der Waals surface area (Å²) in [6, 6.07) is 54.6. The van der Waals surface area contributed by atoms with Crippen molar-refractivity contribution in [2.24, 2.45) is 0 Å². The smallest absolute Gasteiger partial charge is 0.135 e. The Morgan fingerprint density at radius 3 is 2.00 bits per heavy atom. The monoisotopic (exact) mass is 623 g/mol. The Bertz CT molecular complexity index is 2750. The number of hydrogen-bond acceptors (Lipinski definition) is 4. The van der Waals surface area contributed by atoms with E-state index in [1.165, 1.54) is 57.2 Å². The van der Waals surface area contributed by atoms with Gasteiger partial charge in [-0.25, -0.2) is 0 Å². The Balaban J connectivity index is 1.24. The van der Waals surface area contributed by atoms with Gasteiger partial charge in [0.1, 0.15) is 11.2 Å². The normalized spacial score (nSPS) is 11.9. The number of thiophene rings is 2. The largest absolute Gasteiger partial charge is 0.456 e. The number of nitrogens with zero attached hydrogens (tertiary/aromatic N) is 1. The Hall–Kier alpha value is -5.42. The Kier molecular flexibility index (Phi) is 5.65. The zero-order valence-electron chi connectivity index (χ0n) is 24.6. The van der Waals surface area contributed by atoms with Gasteiger partial charge in [-0.1, -0.05) is 97.1 Å². The van der Waals surface area contributed by atoms with E-state index in [1.54, 1.807) is 0 Å². The molecule has 0 aliphatic rings. The van der Waals surface area contributed by atoms with E-state index >= 15 is 0 Å². The van der Waals surface area contributed by atoms with Crippen LogP contribution in [0, 0.1) is 0 Å². The third-order valence-corrected chi connectivity index (χ3v) is 11.5. The van der Waals surface area contributed by atoms with Crippen molar-refractivity contribution in [2.75, 3.05) is 4.90 Å². The minimum absolute atomic E-state index is 0.899.